The maximum Gasteiger partial charge on any atom is 0.257 e. The Balaban J connectivity index is 1.82. The van der Waals surface area contributed by atoms with Crippen LogP contribution in [-0.2, 0) is 0 Å². The number of aliphatic imine (C=N–C) groups is 2. The van der Waals surface area contributed by atoms with Gasteiger partial charge in [0.2, 0.25) is 0 Å². The molecule has 1 heterocycles. The van der Waals surface area contributed by atoms with Crippen molar-refractivity contribution in [3.8, 4) is 5.75 Å². The first kappa shape index (κ1) is 25.8. The van der Waals surface area contributed by atoms with Gasteiger partial charge in [0.25, 0.3) is 5.91 Å². The molecule has 1 aromatic heterocycles. The van der Waals surface area contributed by atoms with E-state index in [4.69, 9.17) is 15.9 Å². The standard InChI is InChI=1S/C27H35N5O3/c1-16(2)23(22-14-17(3)18(4)35-22)31-26(29)25(28)30-21-13-9-12-20(24(21)33)27(34)32(5)15-19-10-7-6-8-11-19/h6-10,12-14,16,19,23,33H,11,15H2,1-5H3,(H2,28,30)(H2,29,31)/t19?,23-/m1/s1. The summed E-state index contributed by atoms with van der Waals surface area (Å²) in [6.07, 6.45) is 8.98. The van der Waals surface area contributed by atoms with E-state index in [0.29, 0.717) is 12.3 Å². The SMILES string of the molecule is Cc1cc([C@H](N=C(N)C(N)=Nc2cccc(C(=O)N(C)CC3C=CC=CC3)c2O)C(C)C)oc1C. The summed E-state index contributed by atoms with van der Waals surface area (Å²) in [5, 5.41) is 10.8. The van der Waals surface area contributed by atoms with Crippen molar-refractivity contribution in [1.29, 1.82) is 0 Å². The number of aryl methyl sites for hydroxylation is 2. The lowest BCUT2D eigenvalue weighted by Crippen LogP contribution is -2.32. The lowest BCUT2D eigenvalue weighted by atomic mass is 10.00. The van der Waals surface area contributed by atoms with E-state index in [1.807, 2.05) is 45.9 Å². The molecule has 0 fully saturated rings. The molecular formula is C27H35N5O3. The summed E-state index contributed by atoms with van der Waals surface area (Å²) in [6, 6.07) is 6.39. The maximum absolute atomic E-state index is 13.0. The number of carbonyl (C=O) groups is 1. The Labute approximate surface area is 206 Å². The Morgan fingerprint density at radius 3 is 2.57 bits per heavy atom. The zero-order valence-electron chi connectivity index (χ0n) is 21.0. The number of nitrogens with zero attached hydrogens (tertiary/aromatic N) is 3. The summed E-state index contributed by atoms with van der Waals surface area (Å²) in [5.74, 6) is 1.29. The number of nitrogens with two attached hydrogens (primary N) is 2. The maximum atomic E-state index is 13.0. The summed E-state index contributed by atoms with van der Waals surface area (Å²) in [5.41, 5.74) is 13.6. The van der Waals surface area contributed by atoms with Crippen LogP contribution in [0.15, 0.2) is 63.0 Å². The Bertz CT molecular complexity index is 1170. The first-order valence-electron chi connectivity index (χ1n) is 11.7. The minimum Gasteiger partial charge on any atom is -0.505 e. The normalized spacial score (nSPS) is 17.1. The number of benzene rings is 1. The third-order valence-corrected chi connectivity index (χ3v) is 6.06. The second-order valence-electron chi connectivity index (χ2n) is 9.26. The Kier molecular flexibility index (Phi) is 8.17. The molecule has 0 bridgehead atoms. The average molecular weight is 478 g/mol. The second kappa shape index (κ2) is 11.1. The summed E-state index contributed by atoms with van der Waals surface area (Å²) < 4.78 is 5.84. The second-order valence-corrected chi connectivity index (χ2v) is 9.26. The smallest absolute Gasteiger partial charge is 0.257 e. The van der Waals surface area contributed by atoms with Crippen molar-refractivity contribution in [2.45, 2.75) is 40.2 Å². The van der Waals surface area contributed by atoms with Crippen molar-refractivity contribution < 1.29 is 14.3 Å². The highest BCUT2D eigenvalue weighted by atomic mass is 16.3. The highest BCUT2D eigenvalue weighted by Gasteiger charge is 2.22. The number of aromatic hydroxyl groups is 1. The molecule has 1 amide bonds. The van der Waals surface area contributed by atoms with Gasteiger partial charge in [-0.2, -0.15) is 0 Å². The Hall–Kier alpha value is -3.81. The molecule has 8 nitrogen and oxygen atoms in total. The third-order valence-electron chi connectivity index (χ3n) is 6.06. The van der Waals surface area contributed by atoms with E-state index in [2.05, 4.69) is 22.1 Å². The predicted molar refractivity (Wildman–Crippen MR) is 140 cm³/mol. The van der Waals surface area contributed by atoms with E-state index >= 15 is 0 Å². The predicted octanol–water partition coefficient (Wildman–Crippen LogP) is 4.55. The molecule has 1 aliphatic carbocycles. The van der Waals surface area contributed by atoms with Crippen molar-refractivity contribution in [3.05, 3.63) is 71.2 Å². The topological polar surface area (TPSA) is 130 Å². The van der Waals surface area contributed by atoms with Gasteiger partial charge >= 0.3 is 0 Å². The van der Waals surface area contributed by atoms with E-state index in [1.54, 1.807) is 30.1 Å². The van der Waals surface area contributed by atoms with Crippen LogP contribution in [-0.4, -0.2) is 41.2 Å². The highest BCUT2D eigenvalue weighted by molar-refractivity contribution is 6.39. The number of phenolic OH excluding ortho intramolecular Hbond substituents is 1. The summed E-state index contributed by atoms with van der Waals surface area (Å²) >= 11 is 0. The molecule has 186 valence electrons. The van der Waals surface area contributed by atoms with Gasteiger partial charge in [0.15, 0.2) is 17.4 Å². The van der Waals surface area contributed by atoms with Gasteiger partial charge in [0.05, 0.1) is 5.56 Å². The number of para-hydroxylation sites is 1. The average Bonchev–Trinajstić information content (AvgIpc) is 3.16. The first-order chi connectivity index (χ1) is 16.6. The largest absolute Gasteiger partial charge is 0.505 e. The lowest BCUT2D eigenvalue weighted by Gasteiger charge is -2.23. The van der Waals surface area contributed by atoms with Gasteiger partial charge in [-0.25, -0.2) is 4.99 Å². The number of rotatable bonds is 7. The van der Waals surface area contributed by atoms with Crippen molar-refractivity contribution in [2.24, 2.45) is 33.3 Å². The van der Waals surface area contributed by atoms with Crippen molar-refractivity contribution in [3.63, 3.8) is 0 Å². The van der Waals surface area contributed by atoms with Crippen LogP contribution in [0, 0.1) is 25.7 Å². The molecule has 0 radical (unpaired) electrons. The van der Waals surface area contributed by atoms with Crippen LogP contribution in [0.25, 0.3) is 0 Å². The number of amides is 1. The number of amidine groups is 2. The molecule has 0 saturated heterocycles. The molecule has 2 aromatic rings. The van der Waals surface area contributed by atoms with E-state index in [9.17, 15) is 9.90 Å². The van der Waals surface area contributed by atoms with Gasteiger partial charge in [-0.05, 0) is 55.9 Å². The van der Waals surface area contributed by atoms with Crippen LogP contribution in [0.1, 0.15) is 53.8 Å². The fourth-order valence-corrected chi connectivity index (χ4v) is 3.89. The van der Waals surface area contributed by atoms with Crippen molar-refractivity contribution >= 4 is 23.3 Å². The molecule has 0 saturated carbocycles. The summed E-state index contributed by atoms with van der Waals surface area (Å²) in [7, 11) is 1.72. The van der Waals surface area contributed by atoms with Crippen LogP contribution >= 0.6 is 0 Å². The van der Waals surface area contributed by atoms with Crippen LogP contribution < -0.4 is 11.5 Å². The Morgan fingerprint density at radius 2 is 1.97 bits per heavy atom. The van der Waals surface area contributed by atoms with Crippen molar-refractivity contribution in [2.75, 3.05) is 13.6 Å². The van der Waals surface area contributed by atoms with Crippen molar-refractivity contribution in [1.82, 2.24) is 4.90 Å². The van der Waals surface area contributed by atoms with E-state index in [1.165, 1.54) is 0 Å². The molecule has 0 aliphatic heterocycles. The summed E-state index contributed by atoms with van der Waals surface area (Å²) in [4.78, 5) is 23.4. The molecular weight excluding hydrogens is 442 g/mol. The molecule has 3 rings (SSSR count). The van der Waals surface area contributed by atoms with E-state index < -0.39 is 0 Å². The van der Waals surface area contributed by atoms with Gasteiger partial charge < -0.3 is 25.9 Å². The van der Waals surface area contributed by atoms with Crippen LogP contribution in [0.5, 0.6) is 5.75 Å². The highest BCUT2D eigenvalue weighted by Crippen LogP contribution is 2.32. The Morgan fingerprint density at radius 1 is 1.23 bits per heavy atom. The van der Waals surface area contributed by atoms with Crippen LogP contribution in [0.2, 0.25) is 0 Å². The molecule has 1 unspecified atom stereocenters. The summed E-state index contributed by atoms with van der Waals surface area (Å²) in [6.45, 7) is 8.44. The number of hydrogen-bond donors (Lipinski definition) is 3. The minimum atomic E-state index is -0.338. The number of furan rings is 1. The molecule has 2 atom stereocenters. The number of hydrogen-bond acceptors (Lipinski definition) is 5. The molecule has 35 heavy (non-hydrogen) atoms. The molecule has 1 aliphatic rings. The third kappa shape index (κ3) is 6.20. The molecule has 8 heteroatoms. The number of carbonyl (C=O) groups excluding carboxylic acids is 1. The van der Waals surface area contributed by atoms with E-state index in [0.717, 1.165) is 17.7 Å². The van der Waals surface area contributed by atoms with Gasteiger partial charge in [-0.1, -0.05) is 44.2 Å². The monoisotopic (exact) mass is 477 g/mol. The van der Waals surface area contributed by atoms with Crippen LogP contribution in [0.3, 0.4) is 0 Å². The first-order valence-corrected chi connectivity index (χ1v) is 11.7. The van der Waals surface area contributed by atoms with Gasteiger partial charge in [-0.3, -0.25) is 9.79 Å². The van der Waals surface area contributed by atoms with E-state index in [-0.39, 0.29) is 52.5 Å². The molecule has 0 spiro atoms. The molecule has 1 aromatic carbocycles. The zero-order chi connectivity index (χ0) is 25.7. The quantitative estimate of drug-likeness (QED) is 0.398. The molecule has 5 N–H and O–H groups in total. The fourth-order valence-electron chi connectivity index (χ4n) is 3.89. The van der Waals surface area contributed by atoms with Gasteiger partial charge in [-0.15, -0.1) is 0 Å². The minimum absolute atomic E-state index is 0.0285. The number of phenols is 1. The lowest BCUT2D eigenvalue weighted by molar-refractivity contribution is 0.0778. The van der Waals surface area contributed by atoms with Gasteiger partial charge in [0.1, 0.15) is 23.2 Å². The zero-order valence-corrected chi connectivity index (χ0v) is 21.0. The van der Waals surface area contributed by atoms with Gasteiger partial charge in [0, 0.05) is 13.6 Å². The number of allylic oxidation sites excluding steroid dienone is 3. The van der Waals surface area contributed by atoms with Crippen LogP contribution in [0.4, 0.5) is 5.69 Å². The fraction of sp³-hybridized carbons (Fsp3) is 0.370.